The van der Waals surface area contributed by atoms with Gasteiger partial charge in [-0.15, -0.1) is 0 Å². The SMILES string of the molecule is CC(=O)C1=C2C(=O)CC[C@@]3(C)C(=O)OC[C@@]23OC(c2ccoc2)=C1. The van der Waals surface area contributed by atoms with Crippen molar-refractivity contribution in [3.8, 4) is 0 Å². The predicted octanol–water partition coefficient (Wildman–Crippen LogP) is 2.20. The molecule has 2 fully saturated rings. The Hall–Kier alpha value is -2.63. The van der Waals surface area contributed by atoms with Gasteiger partial charge in [-0.3, -0.25) is 14.4 Å². The Morgan fingerprint density at radius 1 is 1.29 bits per heavy atom. The van der Waals surface area contributed by atoms with Crippen molar-refractivity contribution in [1.82, 2.24) is 0 Å². The van der Waals surface area contributed by atoms with Crippen LogP contribution in [0.15, 0.2) is 40.2 Å². The lowest BCUT2D eigenvalue weighted by atomic mass is 9.61. The molecule has 0 unspecified atom stereocenters. The van der Waals surface area contributed by atoms with E-state index >= 15 is 0 Å². The molecular formula is C18H16O6. The average molecular weight is 328 g/mol. The van der Waals surface area contributed by atoms with Crippen LogP contribution in [-0.4, -0.2) is 29.7 Å². The lowest BCUT2D eigenvalue weighted by Gasteiger charge is -2.46. The van der Waals surface area contributed by atoms with E-state index in [9.17, 15) is 14.4 Å². The second-order valence-electron chi connectivity index (χ2n) is 6.63. The van der Waals surface area contributed by atoms with E-state index in [1.54, 1.807) is 19.1 Å². The first-order valence-electron chi connectivity index (χ1n) is 7.78. The summed E-state index contributed by atoms with van der Waals surface area (Å²) in [5.74, 6) is -0.412. The van der Waals surface area contributed by atoms with Crippen LogP contribution >= 0.6 is 0 Å². The zero-order chi connectivity index (χ0) is 17.1. The highest BCUT2D eigenvalue weighted by atomic mass is 16.6. The van der Waals surface area contributed by atoms with E-state index < -0.39 is 17.0 Å². The van der Waals surface area contributed by atoms with E-state index in [-0.39, 0.29) is 35.7 Å². The third-order valence-corrected chi connectivity index (χ3v) is 5.30. The van der Waals surface area contributed by atoms with Crippen LogP contribution in [0.4, 0.5) is 0 Å². The second-order valence-corrected chi connectivity index (χ2v) is 6.63. The Morgan fingerprint density at radius 3 is 2.75 bits per heavy atom. The van der Waals surface area contributed by atoms with Crippen molar-refractivity contribution in [2.45, 2.75) is 32.3 Å². The van der Waals surface area contributed by atoms with Crippen LogP contribution in [0.2, 0.25) is 0 Å². The number of esters is 1. The van der Waals surface area contributed by atoms with Crippen LogP contribution in [-0.2, 0) is 23.9 Å². The van der Waals surface area contributed by atoms with Crippen molar-refractivity contribution in [2.75, 3.05) is 6.61 Å². The van der Waals surface area contributed by atoms with Crippen LogP contribution in [0.3, 0.4) is 0 Å². The fourth-order valence-electron chi connectivity index (χ4n) is 3.82. The van der Waals surface area contributed by atoms with Crippen LogP contribution in [0.25, 0.3) is 5.76 Å². The zero-order valence-corrected chi connectivity index (χ0v) is 13.4. The molecule has 2 atom stereocenters. The summed E-state index contributed by atoms with van der Waals surface area (Å²) in [7, 11) is 0. The van der Waals surface area contributed by atoms with E-state index in [4.69, 9.17) is 13.9 Å². The van der Waals surface area contributed by atoms with Gasteiger partial charge in [-0.2, -0.15) is 0 Å². The lowest BCUT2D eigenvalue weighted by Crippen LogP contribution is -2.57. The van der Waals surface area contributed by atoms with Gasteiger partial charge in [0.1, 0.15) is 24.0 Å². The molecule has 1 aliphatic carbocycles. The summed E-state index contributed by atoms with van der Waals surface area (Å²) in [6, 6.07) is 1.70. The van der Waals surface area contributed by atoms with Crippen LogP contribution in [0.1, 0.15) is 32.3 Å². The summed E-state index contributed by atoms with van der Waals surface area (Å²) in [6.07, 6.45) is 5.06. The Balaban J connectivity index is 2.00. The Labute approximate surface area is 138 Å². The Bertz CT molecular complexity index is 828. The van der Waals surface area contributed by atoms with Gasteiger partial charge < -0.3 is 13.9 Å². The van der Waals surface area contributed by atoms with Gasteiger partial charge in [0.15, 0.2) is 17.2 Å². The number of carbonyl (C=O) groups is 3. The molecule has 0 amide bonds. The zero-order valence-electron chi connectivity index (χ0n) is 13.4. The van der Waals surface area contributed by atoms with E-state index in [1.165, 1.54) is 19.5 Å². The van der Waals surface area contributed by atoms with Gasteiger partial charge in [0.25, 0.3) is 0 Å². The first-order chi connectivity index (χ1) is 11.4. The van der Waals surface area contributed by atoms with Crippen LogP contribution < -0.4 is 0 Å². The fourth-order valence-corrected chi connectivity index (χ4v) is 3.82. The van der Waals surface area contributed by atoms with E-state index in [2.05, 4.69) is 0 Å². The topological polar surface area (TPSA) is 82.8 Å². The second kappa shape index (κ2) is 4.69. The number of Topliss-reactive ketones (excluding diaryl/α,β-unsaturated/α-hetero) is 2. The molecule has 0 aromatic carbocycles. The number of cyclic esters (lactones) is 1. The monoisotopic (exact) mass is 328 g/mol. The largest absolute Gasteiger partial charge is 0.477 e. The Morgan fingerprint density at radius 2 is 2.08 bits per heavy atom. The molecule has 0 bridgehead atoms. The average Bonchev–Trinajstić information content (AvgIpc) is 3.16. The number of furan rings is 1. The van der Waals surface area contributed by atoms with Gasteiger partial charge in [0.05, 0.1) is 17.4 Å². The van der Waals surface area contributed by atoms with Crippen molar-refractivity contribution >= 4 is 23.3 Å². The summed E-state index contributed by atoms with van der Waals surface area (Å²) in [5, 5.41) is 0. The van der Waals surface area contributed by atoms with E-state index in [0.29, 0.717) is 17.7 Å². The van der Waals surface area contributed by atoms with Crippen molar-refractivity contribution in [2.24, 2.45) is 5.41 Å². The molecule has 124 valence electrons. The number of hydrogen-bond donors (Lipinski definition) is 0. The molecule has 1 aromatic rings. The maximum atomic E-state index is 12.6. The molecular weight excluding hydrogens is 312 g/mol. The minimum atomic E-state index is -1.26. The number of rotatable bonds is 2. The number of hydrogen-bond acceptors (Lipinski definition) is 6. The molecule has 24 heavy (non-hydrogen) atoms. The minimum absolute atomic E-state index is 0.0740. The lowest BCUT2D eigenvalue weighted by molar-refractivity contribution is -0.149. The molecule has 1 aromatic heterocycles. The number of ketones is 2. The fraction of sp³-hybridized carbons (Fsp3) is 0.389. The maximum absolute atomic E-state index is 12.6. The van der Waals surface area contributed by atoms with Crippen molar-refractivity contribution in [1.29, 1.82) is 0 Å². The first-order valence-corrected chi connectivity index (χ1v) is 7.78. The Kier molecular flexibility index (Phi) is 2.92. The standard InChI is InChI=1S/C18H16O6/c1-10(19)12-7-14(11-4-6-22-8-11)24-18-9-23-16(21)17(18,2)5-3-13(20)15(12)18/h4,6-8H,3,5,9H2,1-2H3/t17-,18+/m0/s1. The molecule has 2 aliphatic heterocycles. The molecule has 1 saturated heterocycles. The van der Waals surface area contributed by atoms with Crippen LogP contribution in [0, 0.1) is 5.41 Å². The van der Waals surface area contributed by atoms with Crippen molar-refractivity contribution in [3.05, 3.63) is 41.4 Å². The van der Waals surface area contributed by atoms with Gasteiger partial charge in [0.2, 0.25) is 0 Å². The molecule has 6 nitrogen and oxygen atoms in total. The highest BCUT2D eigenvalue weighted by Crippen LogP contribution is 2.57. The quantitative estimate of drug-likeness (QED) is 0.774. The molecule has 0 radical (unpaired) electrons. The third-order valence-electron chi connectivity index (χ3n) is 5.30. The van der Waals surface area contributed by atoms with Gasteiger partial charge >= 0.3 is 5.97 Å². The maximum Gasteiger partial charge on any atom is 0.316 e. The molecule has 3 aliphatic rings. The molecule has 1 saturated carbocycles. The summed E-state index contributed by atoms with van der Waals surface area (Å²) in [4.78, 5) is 37.2. The van der Waals surface area contributed by atoms with Crippen LogP contribution in [0.5, 0.6) is 0 Å². The number of carbonyl (C=O) groups excluding carboxylic acids is 3. The highest BCUT2D eigenvalue weighted by Gasteiger charge is 2.68. The number of ether oxygens (including phenoxy) is 2. The molecule has 0 N–H and O–H groups in total. The van der Waals surface area contributed by atoms with E-state index in [0.717, 1.165) is 0 Å². The summed E-state index contributed by atoms with van der Waals surface area (Å²) >= 11 is 0. The molecule has 3 heterocycles. The van der Waals surface area contributed by atoms with Gasteiger partial charge in [-0.1, -0.05) is 0 Å². The van der Waals surface area contributed by atoms with Gasteiger partial charge in [-0.25, -0.2) is 0 Å². The smallest absolute Gasteiger partial charge is 0.316 e. The first kappa shape index (κ1) is 14.9. The minimum Gasteiger partial charge on any atom is -0.477 e. The van der Waals surface area contributed by atoms with Gasteiger partial charge in [-0.05, 0) is 32.4 Å². The van der Waals surface area contributed by atoms with Crippen molar-refractivity contribution in [3.63, 3.8) is 0 Å². The van der Waals surface area contributed by atoms with E-state index in [1.807, 2.05) is 0 Å². The molecule has 1 spiro atoms. The normalized spacial score (nSPS) is 31.8. The summed E-state index contributed by atoms with van der Waals surface area (Å²) < 4.78 is 16.6. The molecule has 6 heteroatoms. The molecule has 4 rings (SSSR count). The highest BCUT2D eigenvalue weighted by molar-refractivity contribution is 6.12. The summed E-state index contributed by atoms with van der Waals surface area (Å²) in [5.41, 5.74) is -1.07. The van der Waals surface area contributed by atoms with Crippen molar-refractivity contribution < 1.29 is 28.3 Å². The van der Waals surface area contributed by atoms with Gasteiger partial charge in [0, 0.05) is 12.0 Å². The predicted molar refractivity (Wildman–Crippen MR) is 81.5 cm³/mol. The third kappa shape index (κ3) is 1.68. The summed E-state index contributed by atoms with van der Waals surface area (Å²) in [6.45, 7) is 3.07. The number of allylic oxidation sites excluding steroid dienone is 2.